The lowest BCUT2D eigenvalue weighted by Gasteiger charge is -2.34. The summed E-state index contributed by atoms with van der Waals surface area (Å²) in [5, 5.41) is 13.5. The van der Waals surface area contributed by atoms with E-state index in [1.54, 1.807) is 0 Å². The molecule has 4 rings (SSSR count). The standard InChI is InChI=1S/C16H24N6/c1-12(2)20-10-6-13(7-11-20)16-18-17-14-4-5-15(19-22(14)16)21-8-3-9-21/h4-5,12-13H,3,6-11H2,1-2H3. The van der Waals surface area contributed by atoms with Gasteiger partial charge in [-0.1, -0.05) is 0 Å². The third kappa shape index (κ3) is 2.35. The molecule has 118 valence electrons. The van der Waals surface area contributed by atoms with E-state index < -0.39 is 0 Å². The zero-order valence-electron chi connectivity index (χ0n) is 13.4. The number of piperidine rings is 1. The second-order valence-corrected chi connectivity index (χ2v) is 6.76. The van der Waals surface area contributed by atoms with Crippen molar-refractivity contribution >= 4 is 11.5 Å². The highest BCUT2D eigenvalue weighted by Crippen LogP contribution is 2.28. The Balaban J connectivity index is 1.59. The van der Waals surface area contributed by atoms with Crippen molar-refractivity contribution in [3.8, 4) is 0 Å². The number of nitrogens with zero attached hydrogens (tertiary/aromatic N) is 6. The molecule has 0 amide bonds. The molecular formula is C16H24N6. The molecular weight excluding hydrogens is 276 g/mol. The molecule has 2 aromatic heterocycles. The quantitative estimate of drug-likeness (QED) is 0.867. The van der Waals surface area contributed by atoms with Gasteiger partial charge in [0, 0.05) is 25.0 Å². The fraction of sp³-hybridized carbons (Fsp3) is 0.688. The molecule has 0 radical (unpaired) electrons. The van der Waals surface area contributed by atoms with E-state index in [0.29, 0.717) is 12.0 Å². The van der Waals surface area contributed by atoms with Crippen LogP contribution < -0.4 is 4.90 Å². The predicted octanol–water partition coefficient (Wildman–Crippen LogP) is 1.92. The van der Waals surface area contributed by atoms with Crippen LogP contribution in [-0.4, -0.2) is 56.9 Å². The number of aromatic nitrogens is 4. The number of hydrogen-bond donors (Lipinski definition) is 0. The van der Waals surface area contributed by atoms with E-state index in [4.69, 9.17) is 5.10 Å². The summed E-state index contributed by atoms with van der Waals surface area (Å²) in [6.07, 6.45) is 3.56. The van der Waals surface area contributed by atoms with Gasteiger partial charge in [-0.15, -0.1) is 15.3 Å². The van der Waals surface area contributed by atoms with Gasteiger partial charge in [-0.3, -0.25) is 0 Å². The number of fused-ring (bicyclic) bond motifs is 1. The molecule has 0 unspecified atom stereocenters. The molecule has 2 aliphatic heterocycles. The molecule has 0 aromatic carbocycles. The van der Waals surface area contributed by atoms with Crippen LogP contribution in [0.3, 0.4) is 0 Å². The first kappa shape index (κ1) is 13.9. The zero-order valence-corrected chi connectivity index (χ0v) is 13.4. The maximum Gasteiger partial charge on any atom is 0.178 e. The summed E-state index contributed by atoms with van der Waals surface area (Å²) < 4.78 is 1.98. The van der Waals surface area contributed by atoms with Crippen molar-refractivity contribution in [2.75, 3.05) is 31.1 Å². The molecule has 6 heteroatoms. The monoisotopic (exact) mass is 300 g/mol. The molecule has 2 saturated heterocycles. The maximum atomic E-state index is 4.79. The summed E-state index contributed by atoms with van der Waals surface area (Å²) in [4.78, 5) is 4.85. The highest BCUT2D eigenvalue weighted by Gasteiger charge is 2.26. The van der Waals surface area contributed by atoms with Gasteiger partial charge in [0.25, 0.3) is 0 Å². The Hall–Kier alpha value is -1.69. The van der Waals surface area contributed by atoms with Crippen LogP contribution in [0.15, 0.2) is 12.1 Å². The molecule has 0 saturated carbocycles. The molecule has 0 atom stereocenters. The van der Waals surface area contributed by atoms with E-state index in [-0.39, 0.29) is 0 Å². The second-order valence-electron chi connectivity index (χ2n) is 6.76. The molecule has 6 nitrogen and oxygen atoms in total. The second kappa shape index (κ2) is 5.50. The molecule has 0 aliphatic carbocycles. The van der Waals surface area contributed by atoms with Crippen molar-refractivity contribution in [3.63, 3.8) is 0 Å². The van der Waals surface area contributed by atoms with Crippen molar-refractivity contribution in [1.82, 2.24) is 24.7 Å². The third-order valence-electron chi connectivity index (χ3n) is 5.08. The van der Waals surface area contributed by atoms with Crippen LogP contribution in [0.2, 0.25) is 0 Å². The van der Waals surface area contributed by atoms with Crippen LogP contribution in [0.25, 0.3) is 5.65 Å². The first-order valence-electron chi connectivity index (χ1n) is 8.44. The van der Waals surface area contributed by atoms with Crippen LogP contribution >= 0.6 is 0 Å². The number of anilines is 1. The lowest BCUT2D eigenvalue weighted by atomic mass is 9.95. The minimum absolute atomic E-state index is 0.476. The minimum Gasteiger partial charge on any atom is -0.355 e. The van der Waals surface area contributed by atoms with Gasteiger partial charge in [0.2, 0.25) is 0 Å². The Morgan fingerprint density at radius 1 is 1.05 bits per heavy atom. The van der Waals surface area contributed by atoms with Crippen molar-refractivity contribution in [2.45, 2.75) is 45.1 Å². The van der Waals surface area contributed by atoms with Gasteiger partial charge in [0.15, 0.2) is 11.5 Å². The average Bonchev–Trinajstić information content (AvgIpc) is 2.89. The van der Waals surface area contributed by atoms with E-state index >= 15 is 0 Å². The van der Waals surface area contributed by atoms with Crippen molar-refractivity contribution in [2.24, 2.45) is 0 Å². The Labute approximate surface area is 131 Å². The highest BCUT2D eigenvalue weighted by atomic mass is 15.4. The molecule has 2 aliphatic rings. The Kier molecular flexibility index (Phi) is 3.48. The van der Waals surface area contributed by atoms with Gasteiger partial charge < -0.3 is 9.80 Å². The zero-order chi connectivity index (χ0) is 15.1. The van der Waals surface area contributed by atoms with E-state index in [1.165, 1.54) is 6.42 Å². The first-order chi connectivity index (χ1) is 10.7. The lowest BCUT2D eigenvalue weighted by Crippen LogP contribution is -2.38. The predicted molar refractivity (Wildman–Crippen MR) is 86.3 cm³/mol. The largest absolute Gasteiger partial charge is 0.355 e. The summed E-state index contributed by atoms with van der Waals surface area (Å²) >= 11 is 0. The van der Waals surface area contributed by atoms with Gasteiger partial charge in [0.05, 0.1) is 0 Å². The van der Waals surface area contributed by atoms with Gasteiger partial charge >= 0.3 is 0 Å². The fourth-order valence-electron chi connectivity index (χ4n) is 3.44. The summed E-state index contributed by atoms with van der Waals surface area (Å²) in [7, 11) is 0. The SMILES string of the molecule is CC(C)N1CCC(c2nnc3ccc(N4CCC4)nn23)CC1. The van der Waals surface area contributed by atoms with E-state index in [2.05, 4.69) is 39.9 Å². The molecule has 4 heterocycles. The van der Waals surface area contributed by atoms with Crippen molar-refractivity contribution in [3.05, 3.63) is 18.0 Å². The van der Waals surface area contributed by atoms with Crippen molar-refractivity contribution < 1.29 is 0 Å². The molecule has 2 aromatic rings. The van der Waals surface area contributed by atoms with Gasteiger partial charge in [-0.05, 0) is 58.3 Å². The molecule has 22 heavy (non-hydrogen) atoms. The van der Waals surface area contributed by atoms with Crippen LogP contribution in [0.5, 0.6) is 0 Å². The van der Waals surface area contributed by atoms with Gasteiger partial charge in [-0.2, -0.15) is 4.52 Å². The average molecular weight is 300 g/mol. The summed E-state index contributed by atoms with van der Waals surface area (Å²) in [6, 6.07) is 4.74. The van der Waals surface area contributed by atoms with E-state index in [0.717, 1.165) is 56.3 Å². The Morgan fingerprint density at radius 3 is 2.45 bits per heavy atom. The first-order valence-corrected chi connectivity index (χ1v) is 8.44. The topological polar surface area (TPSA) is 49.6 Å². The summed E-state index contributed by atoms with van der Waals surface area (Å²) in [5.74, 6) is 2.57. The Morgan fingerprint density at radius 2 is 1.82 bits per heavy atom. The minimum atomic E-state index is 0.476. The van der Waals surface area contributed by atoms with Crippen LogP contribution in [0.4, 0.5) is 5.82 Å². The summed E-state index contributed by atoms with van der Waals surface area (Å²) in [6.45, 7) is 9.05. The van der Waals surface area contributed by atoms with Crippen molar-refractivity contribution in [1.29, 1.82) is 0 Å². The number of rotatable bonds is 3. The highest BCUT2D eigenvalue weighted by molar-refractivity contribution is 5.47. The van der Waals surface area contributed by atoms with E-state index in [1.807, 2.05) is 10.6 Å². The smallest absolute Gasteiger partial charge is 0.178 e. The third-order valence-corrected chi connectivity index (χ3v) is 5.08. The summed E-state index contributed by atoms with van der Waals surface area (Å²) in [5.41, 5.74) is 0.866. The molecule has 2 fully saturated rings. The van der Waals surface area contributed by atoms with Crippen LogP contribution in [0, 0.1) is 0 Å². The molecule has 0 bridgehead atoms. The fourth-order valence-corrected chi connectivity index (χ4v) is 3.44. The lowest BCUT2D eigenvalue weighted by molar-refractivity contribution is 0.169. The van der Waals surface area contributed by atoms with Gasteiger partial charge in [-0.25, -0.2) is 0 Å². The maximum absolute atomic E-state index is 4.79. The number of likely N-dealkylation sites (tertiary alicyclic amines) is 1. The van der Waals surface area contributed by atoms with E-state index in [9.17, 15) is 0 Å². The van der Waals surface area contributed by atoms with Crippen LogP contribution in [0.1, 0.15) is 44.9 Å². The Bertz CT molecular complexity index is 652. The van der Waals surface area contributed by atoms with Gasteiger partial charge in [0.1, 0.15) is 5.82 Å². The molecule has 0 N–H and O–H groups in total. The van der Waals surface area contributed by atoms with Crippen LogP contribution in [-0.2, 0) is 0 Å². The molecule has 0 spiro atoms. The normalized spacial score (nSPS) is 20.8. The number of hydrogen-bond acceptors (Lipinski definition) is 5.